The first-order valence-electron chi connectivity index (χ1n) is 6.93. The fourth-order valence-electron chi connectivity index (χ4n) is 2.39. The van der Waals surface area contributed by atoms with Gasteiger partial charge in [-0.05, 0) is 23.8 Å². The zero-order valence-electron chi connectivity index (χ0n) is 12.0. The average Bonchev–Trinajstić information content (AvgIpc) is 2.54. The predicted octanol–water partition coefficient (Wildman–Crippen LogP) is 1.95. The number of nitro groups is 1. The first-order chi connectivity index (χ1) is 11.0. The van der Waals surface area contributed by atoms with E-state index in [4.69, 9.17) is 22.1 Å². The normalized spacial score (nSPS) is 17.9. The van der Waals surface area contributed by atoms with Crippen LogP contribution < -0.4 is 11.1 Å². The van der Waals surface area contributed by atoms with E-state index < -0.39 is 4.92 Å². The van der Waals surface area contributed by atoms with Gasteiger partial charge in [0.2, 0.25) is 5.82 Å². The van der Waals surface area contributed by atoms with Crippen molar-refractivity contribution in [3.05, 3.63) is 45.1 Å². The molecule has 0 saturated carbocycles. The van der Waals surface area contributed by atoms with Gasteiger partial charge in [-0.15, -0.1) is 0 Å². The summed E-state index contributed by atoms with van der Waals surface area (Å²) in [7, 11) is 0. The number of nitrogens with zero attached hydrogens (tertiary/aromatic N) is 3. The molecule has 0 radical (unpaired) electrons. The molecule has 0 spiro atoms. The van der Waals surface area contributed by atoms with Crippen LogP contribution in [0.5, 0.6) is 0 Å². The third kappa shape index (κ3) is 3.39. The zero-order valence-corrected chi connectivity index (χ0v) is 12.8. The fourth-order valence-corrected chi connectivity index (χ4v) is 2.63. The summed E-state index contributed by atoms with van der Waals surface area (Å²) in [6.07, 6.45) is 1.10. The van der Waals surface area contributed by atoms with Crippen LogP contribution in [0.2, 0.25) is 5.02 Å². The molecule has 1 aliphatic rings. The van der Waals surface area contributed by atoms with Crippen LogP contribution in [0.4, 0.5) is 11.5 Å². The third-order valence-electron chi connectivity index (χ3n) is 3.50. The summed E-state index contributed by atoms with van der Waals surface area (Å²) in [5.74, 6) is 0.106. The predicted molar refractivity (Wildman–Crippen MR) is 85.1 cm³/mol. The molecule has 9 heteroatoms. The molecule has 1 saturated heterocycles. The van der Waals surface area contributed by atoms with E-state index in [1.54, 1.807) is 6.07 Å². The van der Waals surface area contributed by atoms with Gasteiger partial charge >= 0.3 is 5.69 Å². The van der Waals surface area contributed by atoms with Gasteiger partial charge in [-0.2, -0.15) is 0 Å². The maximum absolute atomic E-state index is 10.8. The Balaban J connectivity index is 1.97. The Labute approximate surface area is 136 Å². The lowest BCUT2D eigenvalue weighted by molar-refractivity contribution is -0.384. The summed E-state index contributed by atoms with van der Waals surface area (Å²) < 4.78 is 5.45. The van der Waals surface area contributed by atoms with Crippen LogP contribution in [0.15, 0.2) is 24.4 Å². The number of nitrogens with one attached hydrogen (secondary N) is 1. The minimum Gasteiger partial charge on any atom is -0.378 e. The summed E-state index contributed by atoms with van der Waals surface area (Å²) in [6, 6.07) is 5.43. The van der Waals surface area contributed by atoms with Crippen molar-refractivity contribution in [3.63, 3.8) is 0 Å². The number of rotatable bonds is 3. The molecule has 8 nitrogen and oxygen atoms in total. The molecule has 1 fully saturated rings. The van der Waals surface area contributed by atoms with Crippen molar-refractivity contribution in [2.24, 2.45) is 0 Å². The first-order valence-corrected chi connectivity index (χ1v) is 7.31. The number of nitrogen functional groups attached to an aromatic ring is 1. The fraction of sp³-hybridized carbons (Fsp3) is 0.286. The standard InChI is InChI=1S/C14H14ClN5O3/c15-10-4-8(11-7-23-2-1-17-11)3-9(5-10)14-18-6-12(20(21)22)13(16)19-14/h3-6,11,17H,1-2,7H2,(H2,16,18,19). The molecule has 3 N–H and O–H groups in total. The second-order valence-electron chi connectivity index (χ2n) is 5.08. The minimum atomic E-state index is -0.619. The first kappa shape index (κ1) is 15.6. The van der Waals surface area contributed by atoms with E-state index in [-0.39, 0.29) is 23.4 Å². The molecule has 1 aromatic heterocycles. The molecule has 2 heterocycles. The van der Waals surface area contributed by atoms with Crippen molar-refractivity contribution in [2.75, 3.05) is 25.5 Å². The Morgan fingerprint density at radius 3 is 2.91 bits per heavy atom. The monoisotopic (exact) mass is 335 g/mol. The lowest BCUT2D eigenvalue weighted by atomic mass is 10.0. The van der Waals surface area contributed by atoms with Crippen molar-refractivity contribution in [3.8, 4) is 11.4 Å². The van der Waals surface area contributed by atoms with E-state index in [1.165, 1.54) is 0 Å². The zero-order chi connectivity index (χ0) is 16.4. The van der Waals surface area contributed by atoms with Gasteiger partial charge in [0.25, 0.3) is 0 Å². The minimum absolute atomic E-state index is 0.0246. The molecule has 120 valence electrons. The summed E-state index contributed by atoms with van der Waals surface area (Å²) in [6.45, 7) is 1.97. The van der Waals surface area contributed by atoms with Gasteiger partial charge in [-0.25, -0.2) is 9.97 Å². The van der Waals surface area contributed by atoms with E-state index in [0.29, 0.717) is 23.8 Å². The molecule has 3 rings (SSSR count). The highest BCUT2D eigenvalue weighted by atomic mass is 35.5. The second-order valence-corrected chi connectivity index (χ2v) is 5.51. The topological polar surface area (TPSA) is 116 Å². The highest BCUT2D eigenvalue weighted by molar-refractivity contribution is 6.30. The van der Waals surface area contributed by atoms with E-state index in [0.717, 1.165) is 18.3 Å². The van der Waals surface area contributed by atoms with Crippen LogP contribution in [-0.4, -0.2) is 34.6 Å². The number of hydrogen-bond acceptors (Lipinski definition) is 7. The summed E-state index contributed by atoms with van der Waals surface area (Å²) in [5.41, 5.74) is 6.88. The van der Waals surface area contributed by atoms with Gasteiger partial charge in [-0.1, -0.05) is 11.6 Å². The molecule has 1 unspecified atom stereocenters. The summed E-state index contributed by atoms with van der Waals surface area (Å²) >= 11 is 6.18. The highest BCUT2D eigenvalue weighted by Crippen LogP contribution is 2.28. The second kappa shape index (κ2) is 6.45. The quantitative estimate of drug-likeness (QED) is 0.650. The number of ether oxygens (including phenoxy) is 1. The molecule has 1 aliphatic heterocycles. The van der Waals surface area contributed by atoms with Gasteiger partial charge < -0.3 is 15.8 Å². The Morgan fingerprint density at radius 1 is 1.43 bits per heavy atom. The van der Waals surface area contributed by atoms with Crippen LogP contribution in [0.1, 0.15) is 11.6 Å². The summed E-state index contributed by atoms with van der Waals surface area (Å²) in [5, 5.41) is 14.6. The third-order valence-corrected chi connectivity index (χ3v) is 3.72. The maximum Gasteiger partial charge on any atom is 0.329 e. The lowest BCUT2D eigenvalue weighted by Gasteiger charge is -2.24. The van der Waals surface area contributed by atoms with Crippen molar-refractivity contribution < 1.29 is 9.66 Å². The molecule has 0 amide bonds. The van der Waals surface area contributed by atoms with Gasteiger partial charge in [-0.3, -0.25) is 10.1 Å². The van der Waals surface area contributed by atoms with Crippen molar-refractivity contribution in [2.45, 2.75) is 6.04 Å². The van der Waals surface area contributed by atoms with E-state index in [1.807, 2.05) is 12.1 Å². The Kier molecular flexibility index (Phi) is 4.37. The number of aromatic nitrogens is 2. The van der Waals surface area contributed by atoms with Crippen molar-refractivity contribution >= 4 is 23.1 Å². The van der Waals surface area contributed by atoms with Crippen LogP contribution in [0, 0.1) is 10.1 Å². The van der Waals surface area contributed by atoms with E-state index >= 15 is 0 Å². The molecule has 0 aliphatic carbocycles. The number of benzene rings is 1. The van der Waals surface area contributed by atoms with Gasteiger partial charge in [0.1, 0.15) is 6.20 Å². The van der Waals surface area contributed by atoms with Crippen LogP contribution in [-0.2, 0) is 4.74 Å². The maximum atomic E-state index is 10.8. The Bertz CT molecular complexity index is 749. The number of morpholine rings is 1. The molecule has 2 aromatic rings. The molecular formula is C14H14ClN5O3. The smallest absolute Gasteiger partial charge is 0.329 e. The number of nitrogens with two attached hydrogens (primary N) is 1. The highest BCUT2D eigenvalue weighted by Gasteiger charge is 2.19. The number of hydrogen-bond donors (Lipinski definition) is 2. The molecule has 1 aromatic carbocycles. The van der Waals surface area contributed by atoms with Gasteiger partial charge in [0, 0.05) is 17.1 Å². The largest absolute Gasteiger partial charge is 0.378 e. The number of halogens is 1. The van der Waals surface area contributed by atoms with Crippen LogP contribution >= 0.6 is 11.6 Å². The Hall–Kier alpha value is -2.29. The molecule has 0 bridgehead atoms. The summed E-state index contributed by atoms with van der Waals surface area (Å²) in [4.78, 5) is 18.2. The number of anilines is 1. The Morgan fingerprint density at radius 2 is 2.26 bits per heavy atom. The average molecular weight is 336 g/mol. The SMILES string of the molecule is Nc1nc(-c2cc(Cl)cc(C3COCCN3)c2)ncc1[N+](=O)[O-]. The van der Waals surface area contributed by atoms with E-state index in [9.17, 15) is 10.1 Å². The van der Waals surface area contributed by atoms with Crippen LogP contribution in [0.3, 0.4) is 0 Å². The molecule has 23 heavy (non-hydrogen) atoms. The van der Waals surface area contributed by atoms with E-state index in [2.05, 4.69) is 15.3 Å². The van der Waals surface area contributed by atoms with Gasteiger partial charge in [0.05, 0.1) is 24.2 Å². The lowest BCUT2D eigenvalue weighted by Crippen LogP contribution is -2.34. The van der Waals surface area contributed by atoms with Crippen LogP contribution in [0.25, 0.3) is 11.4 Å². The van der Waals surface area contributed by atoms with Gasteiger partial charge in [0.15, 0.2) is 5.82 Å². The van der Waals surface area contributed by atoms with Crippen molar-refractivity contribution in [1.82, 2.24) is 15.3 Å². The molecule has 1 atom stereocenters. The van der Waals surface area contributed by atoms with Crippen molar-refractivity contribution in [1.29, 1.82) is 0 Å². The molecular weight excluding hydrogens is 322 g/mol.